The van der Waals surface area contributed by atoms with Gasteiger partial charge in [0.15, 0.2) is 0 Å². The van der Waals surface area contributed by atoms with Crippen molar-refractivity contribution in [3.63, 3.8) is 0 Å². The van der Waals surface area contributed by atoms with Crippen LogP contribution in [0.25, 0.3) is 0 Å². The second kappa shape index (κ2) is 8.06. The lowest BCUT2D eigenvalue weighted by Crippen LogP contribution is -2.48. The van der Waals surface area contributed by atoms with Crippen molar-refractivity contribution in [2.45, 2.75) is 52.2 Å². The fraction of sp³-hybridized carbons (Fsp3) is 1.00. The molecule has 0 aromatic carbocycles. The first-order valence-corrected chi connectivity index (χ1v) is 7.15. The van der Waals surface area contributed by atoms with Crippen LogP contribution in [-0.4, -0.2) is 50.3 Å². The average Bonchev–Trinajstić information content (AvgIpc) is 2.34. The summed E-state index contributed by atoms with van der Waals surface area (Å²) in [7, 11) is 1.84. The number of hydrogen-bond donors (Lipinski definition) is 1. The standard InChI is InChI=1S/C14H30N2O/c1-5-8-15-14(12(2)3)11-16-9-6-7-13(10-16)17-4/h12-15H,5-11H2,1-4H3. The summed E-state index contributed by atoms with van der Waals surface area (Å²) in [5.41, 5.74) is 0. The van der Waals surface area contributed by atoms with Crippen molar-refractivity contribution in [1.82, 2.24) is 10.2 Å². The van der Waals surface area contributed by atoms with Gasteiger partial charge in [-0.25, -0.2) is 0 Å². The van der Waals surface area contributed by atoms with Gasteiger partial charge in [0.05, 0.1) is 6.10 Å². The van der Waals surface area contributed by atoms with Gasteiger partial charge in [-0.2, -0.15) is 0 Å². The smallest absolute Gasteiger partial charge is 0.0698 e. The molecule has 17 heavy (non-hydrogen) atoms. The summed E-state index contributed by atoms with van der Waals surface area (Å²) in [5, 5.41) is 3.67. The highest BCUT2D eigenvalue weighted by atomic mass is 16.5. The first kappa shape index (κ1) is 14.9. The molecule has 0 radical (unpaired) electrons. The normalized spacial score (nSPS) is 24.2. The summed E-state index contributed by atoms with van der Waals surface area (Å²) in [5.74, 6) is 0.699. The van der Waals surface area contributed by atoms with Crippen LogP contribution in [0.4, 0.5) is 0 Å². The van der Waals surface area contributed by atoms with E-state index in [9.17, 15) is 0 Å². The molecule has 0 aromatic heterocycles. The van der Waals surface area contributed by atoms with Crippen LogP contribution in [0.15, 0.2) is 0 Å². The highest BCUT2D eigenvalue weighted by Crippen LogP contribution is 2.14. The van der Waals surface area contributed by atoms with Gasteiger partial charge in [-0.05, 0) is 38.3 Å². The monoisotopic (exact) mass is 242 g/mol. The zero-order valence-corrected chi connectivity index (χ0v) is 12.0. The number of ether oxygens (including phenoxy) is 1. The van der Waals surface area contributed by atoms with Gasteiger partial charge in [0.2, 0.25) is 0 Å². The molecule has 0 saturated carbocycles. The lowest BCUT2D eigenvalue weighted by Gasteiger charge is -2.35. The Morgan fingerprint density at radius 3 is 2.76 bits per heavy atom. The molecule has 102 valence electrons. The van der Waals surface area contributed by atoms with E-state index in [-0.39, 0.29) is 0 Å². The molecule has 1 saturated heterocycles. The van der Waals surface area contributed by atoms with Crippen LogP contribution in [0.1, 0.15) is 40.0 Å². The van der Waals surface area contributed by atoms with Crippen molar-refractivity contribution < 1.29 is 4.74 Å². The maximum atomic E-state index is 5.48. The van der Waals surface area contributed by atoms with Crippen molar-refractivity contribution in [2.75, 3.05) is 33.3 Å². The van der Waals surface area contributed by atoms with Crippen LogP contribution in [0.2, 0.25) is 0 Å². The van der Waals surface area contributed by atoms with E-state index in [1.165, 1.54) is 25.8 Å². The van der Waals surface area contributed by atoms with E-state index in [0.29, 0.717) is 18.1 Å². The topological polar surface area (TPSA) is 24.5 Å². The summed E-state index contributed by atoms with van der Waals surface area (Å²) < 4.78 is 5.48. The fourth-order valence-corrected chi connectivity index (χ4v) is 2.49. The van der Waals surface area contributed by atoms with Crippen molar-refractivity contribution in [1.29, 1.82) is 0 Å². The van der Waals surface area contributed by atoms with Gasteiger partial charge in [-0.1, -0.05) is 20.8 Å². The number of hydrogen-bond acceptors (Lipinski definition) is 3. The van der Waals surface area contributed by atoms with E-state index >= 15 is 0 Å². The van der Waals surface area contributed by atoms with E-state index < -0.39 is 0 Å². The van der Waals surface area contributed by atoms with Crippen LogP contribution in [0, 0.1) is 5.92 Å². The van der Waals surface area contributed by atoms with Crippen LogP contribution in [0.5, 0.6) is 0 Å². The van der Waals surface area contributed by atoms with Crippen molar-refractivity contribution in [2.24, 2.45) is 5.92 Å². The number of nitrogens with zero attached hydrogens (tertiary/aromatic N) is 1. The molecule has 3 nitrogen and oxygen atoms in total. The molecular weight excluding hydrogens is 212 g/mol. The predicted molar refractivity (Wildman–Crippen MR) is 73.4 cm³/mol. The van der Waals surface area contributed by atoms with Gasteiger partial charge < -0.3 is 10.1 Å². The fourth-order valence-electron chi connectivity index (χ4n) is 2.49. The largest absolute Gasteiger partial charge is 0.380 e. The SMILES string of the molecule is CCCNC(CN1CCCC(OC)C1)C(C)C. The summed E-state index contributed by atoms with van der Waals surface area (Å²) in [4.78, 5) is 2.56. The van der Waals surface area contributed by atoms with Gasteiger partial charge in [0.1, 0.15) is 0 Å². The summed E-state index contributed by atoms with van der Waals surface area (Å²) in [6.07, 6.45) is 4.16. The molecule has 1 fully saturated rings. The van der Waals surface area contributed by atoms with E-state index in [1.54, 1.807) is 0 Å². The molecular formula is C14H30N2O. The van der Waals surface area contributed by atoms with E-state index in [4.69, 9.17) is 4.74 Å². The summed E-state index contributed by atoms with van der Waals surface area (Å²) in [6.45, 7) is 11.5. The Morgan fingerprint density at radius 1 is 1.41 bits per heavy atom. The van der Waals surface area contributed by atoms with Crippen LogP contribution in [-0.2, 0) is 4.74 Å². The Labute approximate surface area is 107 Å². The van der Waals surface area contributed by atoms with Crippen LogP contribution in [0.3, 0.4) is 0 Å². The van der Waals surface area contributed by atoms with E-state index in [2.05, 4.69) is 31.0 Å². The number of nitrogens with one attached hydrogen (secondary N) is 1. The van der Waals surface area contributed by atoms with E-state index in [0.717, 1.165) is 19.6 Å². The zero-order chi connectivity index (χ0) is 12.7. The highest BCUT2D eigenvalue weighted by molar-refractivity contribution is 4.80. The molecule has 1 heterocycles. The molecule has 1 N–H and O–H groups in total. The van der Waals surface area contributed by atoms with Crippen LogP contribution < -0.4 is 5.32 Å². The molecule has 0 aliphatic carbocycles. The first-order chi connectivity index (χ1) is 8.17. The average molecular weight is 242 g/mol. The lowest BCUT2D eigenvalue weighted by molar-refractivity contribution is 0.0262. The van der Waals surface area contributed by atoms with E-state index in [1.807, 2.05) is 7.11 Å². The van der Waals surface area contributed by atoms with Crippen molar-refractivity contribution in [3.8, 4) is 0 Å². The maximum Gasteiger partial charge on any atom is 0.0698 e. The molecule has 3 heteroatoms. The van der Waals surface area contributed by atoms with Gasteiger partial charge in [0, 0.05) is 26.2 Å². The van der Waals surface area contributed by atoms with Gasteiger partial charge in [-0.3, -0.25) is 4.90 Å². The molecule has 0 spiro atoms. The number of rotatable bonds is 7. The third-order valence-corrected chi connectivity index (χ3v) is 3.71. The molecule has 0 bridgehead atoms. The van der Waals surface area contributed by atoms with Gasteiger partial charge in [-0.15, -0.1) is 0 Å². The van der Waals surface area contributed by atoms with Gasteiger partial charge in [0.25, 0.3) is 0 Å². The summed E-state index contributed by atoms with van der Waals surface area (Å²) >= 11 is 0. The minimum atomic E-state index is 0.447. The lowest BCUT2D eigenvalue weighted by atomic mass is 10.0. The van der Waals surface area contributed by atoms with Crippen molar-refractivity contribution in [3.05, 3.63) is 0 Å². The molecule has 2 unspecified atom stereocenters. The predicted octanol–water partition coefficient (Wildman–Crippen LogP) is 2.12. The number of methoxy groups -OCH3 is 1. The van der Waals surface area contributed by atoms with Gasteiger partial charge >= 0.3 is 0 Å². The summed E-state index contributed by atoms with van der Waals surface area (Å²) in [6, 6.07) is 0.616. The molecule has 1 aliphatic rings. The Hall–Kier alpha value is -0.120. The third-order valence-electron chi connectivity index (χ3n) is 3.71. The maximum absolute atomic E-state index is 5.48. The third kappa shape index (κ3) is 5.36. The number of piperidine rings is 1. The molecule has 2 atom stereocenters. The minimum Gasteiger partial charge on any atom is -0.380 e. The Kier molecular flexibility index (Phi) is 7.09. The molecule has 0 aromatic rings. The molecule has 0 amide bonds. The Morgan fingerprint density at radius 2 is 2.18 bits per heavy atom. The number of likely N-dealkylation sites (tertiary alicyclic amines) is 1. The van der Waals surface area contributed by atoms with Crippen LogP contribution >= 0.6 is 0 Å². The van der Waals surface area contributed by atoms with Crippen molar-refractivity contribution >= 4 is 0 Å². The Balaban J connectivity index is 2.37. The quantitative estimate of drug-likeness (QED) is 0.740. The second-order valence-corrected chi connectivity index (χ2v) is 5.56. The first-order valence-electron chi connectivity index (χ1n) is 7.15. The second-order valence-electron chi connectivity index (χ2n) is 5.56. The molecule has 1 rings (SSSR count). The minimum absolute atomic E-state index is 0.447. The molecule has 1 aliphatic heterocycles. The Bertz CT molecular complexity index is 197. The highest BCUT2D eigenvalue weighted by Gasteiger charge is 2.23. The zero-order valence-electron chi connectivity index (χ0n) is 12.0.